The van der Waals surface area contributed by atoms with E-state index < -0.39 is 0 Å². The highest BCUT2D eigenvalue weighted by molar-refractivity contribution is 5.81. The molecule has 1 aromatic carbocycles. The summed E-state index contributed by atoms with van der Waals surface area (Å²) in [4.78, 5) is 0. The van der Waals surface area contributed by atoms with Crippen molar-refractivity contribution in [3.05, 3.63) is 36.0 Å². The molecule has 0 bridgehead atoms. The number of fused-ring (bicyclic) bond motifs is 1. The summed E-state index contributed by atoms with van der Waals surface area (Å²) in [6, 6.07) is 11.0. The lowest BCUT2D eigenvalue weighted by atomic mass is 10.1. The van der Waals surface area contributed by atoms with Crippen molar-refractivity contribution >= 4 is 10.9 Å². The van der Waals surface area contributed by atoms with Crippen LogP contribution >= 0.6 is 0 Å². The Morgan fingerprint density at radius 1 is 1.17 bits per heavy atom. The molecule has 0 aliphatic carbocycles. The van der Waals surface area contributed by atoms with Crippen molar-refractivity contribution in [3.8, 4) is 0 Å². The molecule has 1 N–H and O–H groups in total. The quantitative estimate of drug-likeness (QED) is 0.862. The Balaban J connectivity index is 2.33. The van der Waals surface area contributed by atoms with E-state index in [0.717, 1.165) is 13.1 Å². The number of nitrogens with zero attached hydrogens (tertiary/aromatic N) is 1. The fraction of sp³-hybridized carbons (Fsp3) is 0.500. The summed E-state index contributed by atoms with van der Waals surface area (Å²) in [5.41, 5.74) is 2.89. The molecule has 1 aromatic heterocycles. The third-order valence-corrected chi connectivity index (χ3v) is 3.14. The number of hydrogen-bond donors (Lipinski definition) is 1. The van der Waals surface area contributed by atoms with Gasteiger partial charge in [-0.25, -0.2) is 0 Å². The molecule has 2 aromatic rings. The highest BCUT2D eigenvalue weighted by atomic mass is 15.0. The second-order valence-corrected chi connectivity index (χ2v) is 5.95. The third-order valence-electron chi connectivity index (χ3n) is 3.14. The SMILES string of the molecule is CCCn1c(CNC(C)(C)C)cc2ccccc21. The molecule has 0 saturated carbocycles. The first-order valence-corrected chi connectivity index (χ1v) is 6.83. The first kappa shape index (κ1) is 13.2. The summed E-state index contributed by atoms with van der Waals surface area (Å²) in [6.07, 6.45) is 1.17. The smallest absolute Gasteiger partial charge is 0.0482 e. The standard InChI is InChI=1S/C16H24N2/c1-5-10-18-14(12-17-16(2,3)4)11-13-8-6-7-9-15(13)18/h6-9,11,17H,5,10,12H2,1-4H3. The molecule has 0 unspecified atom stereocenters. The van der Waals surface area contributed by atoms with E-state index in [0.29, 0.717) is 0 Å². The zero-order valence-corrected chi connectivity index (χ0v) is 12.0. The van der Waals surface area contributed by atoms with Gasteiger partial charge in [0.2, 0.25) is 0 Å². The van der Waals surface area contributed by atoms with Crippen LogP contribution in [0.3, 0.4) is 0 Å². The summed E-state index contributed by atoms with van der Waals surface area (Å²) < 4.78 is 2.44. The van der Waals surface area contributed by atoms with E-state index >= 15 is 0 Å². The third kappa shape index (κ3) is 2.94. The summed E-state index contributed by atoms with van der Waals surface area (Å²) in [5, 5.41) is 4.92. The summed E-state index contributed by atoms with van der Waals surface area (Å²) in [6.45, 7) is 10.9. The minimum absolute atomic E-state index is 0.160. The number of aryl methyl sites for hydroxylation is 1. The topological polar surface area (TPSA) is 17.0 Å². The molecule has 18 heavy (non-hydrogen) atoms. The van der Waals surface area contributed by atoms with Gasteiger partial charge in [-0.1, -0.05) is 25.1 Å². The van der Waals surface area contributed by atoms with Crippen LogP contribution in [-0.2, 0) is 13.1 Å². The zero-order valence-electron chi connectivity index (χ0n) is 12.0. The maximum atomic E-state index is 3.58. The molecule has 0 fully saturated rings. The molecule has 2 heteroatoms. The van der Waals surface area contributed by atoms with Crippen molar-refractivity contribution in [3.63, 3.8) is 0 Å². The predicted molar refractivity (Wildman–Crippen MR) is 78.8 cm³/mol. The molecule has 0 aliphatic heterocycles. The molecule has 0 aliphatic rings. The van der Waals surface area contributed by atoms with E-state index in [1.807, 2.05) is 0 Å². The number of nitrogens with one attached hydrogen (secondary N) is 1. The number of hydrogen-bond acceptors (Lipinski definition) is 1. The van der Waals surface area contributed by atoms with Crippen LogP contribution < -0.4 is 5.32 Å². The Morgan fingerprint density at radius 2 is 1.89 bits per heavy atom. The molecule has 0 amide bonds. The van der Waals surface area contributed by atoms with Crippen LogP contribution in [0.1, 0.15) is 39.8 Å². The first-order chi connectivity index (χ1) is 8.51. The van der Waals surface area contributed by atoms with Crippen LogP contribution in [0, 0.1) is 0 Å². The molecule has 0 saturated heterocycles. The number of rotatable bonds is 4. The minimum Gasteiger partial charge on any atom is -0.343 e. The first-order valence-electron chi connectivity index (χ1n) is 6.83. The molecule has 1 heterocycles. The molecule has 0 radical (unpaired) electrons. The van der Waals surface area contributed by atoms with Crippen LogP contribution in [0.4, 0.5) is 0 Å². The van der Waals surface area contributed by atoms with Crippen LogP contribution in [0.2, 0.25) is 0 Å². The van der Waals surface area contributed by atoms with Gasteiger partial charge in [0.15, 0.2) is 0 Å². The maximum absolute atomic E-state index is 3.58. The largest absolute Gasteiger partial charge is 0.343 e. The average Bonchev–Trinajstić information content (AvgIpc) is 2.65. The molecule has 2 nitrogen and oxygen atoms in total. The van der Waals surface area contributed by atoms with Gasteiger partial charge in [-0.05, 0) is 44.7 Å². The Labute approximate surface area is 110 Å². The van der Waals surface area contributed by atoms with Gasteiger partial charge < -0.3 is 9.88 Å². The summed E-state index contributed by atoms with van der Waals surface area (Å²) >= 11 is 0. The molecule has 0 atom stereocenters. The lowest BCUT2D eigenvalue weighted by molar-refractivity contribution is 0.416. The summed E-state index contributed by atoms with van der Waals surface area (Å²) in [5.74, 6) is 0. The molecule has 2 rings (SSSR count). The van der Waals surface area contributed by atoms with Crippen molar-refractivity contribution < 1.29 is 0 Å². The molecular formula is C16H24N2. The van der Waals surface area contributed by atoms with Crippen molar-refractivity contribution in [2.75, 3.05) is 0 Å². The van der Waals surface area contributed by atoms with Crippen LogP contribution in [0.15, 0.2) is 30.3 Å². The summed E-state index contributed by atoms with van der Waals surface area (Å²) in [7, 11) is 0. The van der Waals surface area contributed by atoms with Gasteiger partial charge in [0.1, 0.15) is 0 Å². The fourth-order valence-corrected chi connectivity index (χ4v) is 2.26. The van der Waals surface area contributed by atoms with E-state index in [2.05, 4.69) is 67.9 Å². The van der Waals surface area contributed by atoms with Gasteiger partial charge in [0.05, 0.1) is 0 Å². The van der Waals surface area contributed by atoms with Crippen molar-refractivity contribution in [2.24, 2.45) is 0 Å². The van der Waals surface area contributed by atoms with Crippen molar-refractivity contribution in [1.29, 1.82) is 0 Å². The normalized spacial score (nSPS) is 12.2. The second kappa shape index (κ2) is 5.15. The lowest BCUT2D eigenvalue weighted by Gasteiger charge is -2.21. The van der Waals surface area contributed by atoms with Crippen LogP contribution in [0.25, 0.3) is 10.9 Å². The lowest BCUT2D eigenvalue weighted by Crippen LogP contribution is -2.35. The van der Waals surface area contributed by atoms with E-state index in [9.17, 15) is 0 Å². The number of benzene rings is 1. The van der Waals surface area contributed by atoms with Gasteiger partial charge in [-0.3, -0.25) is 0 Å². The van der Waals surface area contributed by atoms with E-state index in [1.54, 1.807) is 0 Å². The fourth-order valence-electron chi connectivity index (χ4n) is 2.26. The highest BCUT2D eigenvalue weighted by Crippen LogP contribution is 2.20. The van der Waals surface area contributed by atoms with E-state index in [-0.39, 0.29) is 5.54 Å². The van der Waals surface area contributed by atoms with Crippen LogP contribution in [0.5, 0.6) is 0 Å². The number of para-hydroxylation sites is 1. The monoisotopic (exact) mass is 244 g/mol. The van der Waals surface area contributed by atoms with Gasteiger partial charge in [-0.2, -0.15) is 0 Å². The van der Waals surface area contributed by atoms with E-state index in [1.165, 1.54) is 23.0 Å². The Kier molecular flexibility index (Phi) is 3.76. The molecular weight excluding hydrogens is 220 g/mol. The van der Waals surface area contributed by atoms with E-state index in [4.69, 9.17) is 0 Å². The van der Waals surface area contributed by atoms with Gasteiger partial charge in [0, 0.05) is 29.8 Å². The average molecular weight is 244 g/mol. The minimum atomic E-state index is 0.160. The Hall–Kier alpha value is -1.28. The molecule has 98 valence electrons. The van der Waals surface area contributed by atoms with Crippen molar-refractivity contribution in [1.82, 2.24) is 9.88 Å². The van der Waals surface area contributed by atoms with Gasteiger partial charge in [0.25, 0.3) is 0 Å². The maximum Gasteiger partial charge on any atom is 0.0482 e. The molecule has 0 spiro atoms. The van der Waals surface area contributed by atoms with Gasteiger partial charge in [-0.15, -0.1) is 0 Å². The van der Waals surface area contributed by atoms with Crippen LogP contribution in [-0.4, -0.2) is 10.1 Å². The highest BCUT2D eigenvalue weighted by Gasteiger charge is 2.12. The Bertz CT molecular complexity index is 517. The predicted octanol–water partition coefficient (Wildman–Crippen LogP) is 3.94. The zero-order chi connectivity index (χ0) is 13.2. The van der Waals surface area contributed by atoms with Crippen molar-refractivity contribution in [2.45, 2.75) is 52.7 Å². The Morgan fingerprint density at radius 3 is 2.56 bits per heavy atom. The second-order valence-electron chi connectivity index (χ2n) is 5.95. The van der Waals surface area contributed by atoms with Gasteiger partial charge >= 0.3 is 0 Å². The number of aromatic nitrogens is 1.